The molecular weight excluding hydrogens is 1000 g/mol. The normalized spacial score (nSPS) is 13.6. The summed E-state index contributed by atoms with van der Waals surface area (Å²) in [4.78, 5) is 38.0. The second kappa shape index (κ2) is 60.1. The van der Waals surface area contributed by atoms with Crippen LogP contribution in [-0.4, -0.2) is 70.0 Å². The number of esters is 2. The Balaban J connectivity index is 4.03. The third-order valence-corrected chi connectivity index (χ3v) is 15.5. The van der Waals surface area contributed by atoms with Gasteiger partial charge in [-0.1, -0.05) is 299 Å². The standard InChI is InChI=1S/C69H126NO8P/c1-6-8-10-12-14-16-18-20-22-24-26-28-29-30-31-32-33-34-35-36-37-38-39-40-41-42-44-46-48-50-52-54-56-58-60-62-69(72)78-67(66-77-79(73,74)76-64-63-70(3,4)5)65-75-68(71)61-59-57-55-53-51-49-47-45-43-27-25-23-21-19-17-15-13-11-9-7-2/h8,10,14,16,20,22,26,28,30-31,33-34,67H,6-7,9,11-13,15,17-19,21,23-25,27,29,32,35-66H2,1-5H3/b10-8-,16-14-,22-20-,28-26-,31-30-,34-33-. The van der Waals surface area contributed by atoms with Crippen LogP contribution in [-0.2, 0) is 32.7 Å². The Kier molecular flexibility index (Phi) is 58.1. The van der Waals surface area contributed by atoms with Gasteiger partial charge in [0.1, 0.15) is 19.8 Å². The molecule has 0 saturated heterocycles. The first kappa shape index (κ1) is 76.5. The monoisotopic (exact) mass is 1130 g/mol. The van der Waals surface area contributed by atoms with Gasteiger partial charge < -0.3 is 27.9 Å². The van der Waals surface area contributed by atoms with Crippen molar-refractivity contribution in [1.82, 2.24) is 0 Å². The van der Waals surface area contributed by atoms with E-state index < -0.39 is 26.5 Å². The number of phosphoric ester groups is 1. The average Bonchev–Trinajstić information content (AvgIpc) is 3.41. The van der Waals surface area contributed by atoms with E-state index in [1.165, 1.54) is 193 Å². The van der Waals surface area contributed by atoms with Gasteiger partial charge in [0.2, 0.25) is 0 Å². The summed E-state index contributed by atoms with van der Waals surface area (Å²) in [5.41, 5.74) is 0. The number of likely N-dealkylation sites (N-methyl/N-ethyl adjacent to an activating group) is 1. The molecule has 0 spiro atoms. The maximum Gasteiger partial charge on any atom is 0.306 e. The topological polar surface area (TPSA) is 111 Å². The third-order valence-electron chi connectivity index (χ3n) is 14.5. The molecule has 0 heterocycles. The van der Waals surface area contributed by atoms with E-state index in [-0.39, 0.29) is 32.0 Å². The Bertz CT molecular complexity index is 1560. The van der Waals surface area contributed by atoms with Gasteiger partial charge in [-0.3, -0.25) is 14.2 Å². The summed E-state index contributed by atoms with van der Waals surface area (Å²) in [6.45, 7) is 4.17. The number of rotatable bonds is 61. The van der Waals surface area contributed by atoms with Crippen molar-refractivity contribution in [3.63, 3.8) is 0 Å². The molecule has 0 bridgehead atoms. The lowest BCUT2D eigenvalue weighted by atomic mass is 10.0. The summed E-state index contributed by atoms with van der Waals surface area (Å²) in [6, 6.07) is 0. The molecule has 460 valence electrons. The maximum atomic E-state index is 12.8. The molecule has 0 aromatic rings. The molecule has 2 atom stereocenters. The number of phosphoric acid groups is 1. The molecule has 0 aromatic heterocycles. The number of nitrogens with zero attached hydrogens (tertiary/aromatic N) is 1. The predicted molar refractivity (Wildman–Crippen MR) is 337 cm³/mol. The van der Waals surface area contributed by atoms with Gasteiger partial charge in [0.05, 0.1) is 27.7 Å². The summed E-state index contributed by atoms with van der Waals surface area (Å²) in [5, 5.41) is 0. The van der Waals surface area contributed by atoms with Gasteiger partial charge >= 0.3 is 11.9 Å². The van der Waals surface area contributed by atoms with Crippen LogP contribution >= 0.6 is 7.82 Å². The van der Waals surface area contributed by atoms with E-state index in [2.05, 4.69) is 86.8 Å². The van der Waals surface area contributed by atoms with E-state index in [0.717, 1.165) is 77.0 Å². The first-order valence-corrected chi connectivity index (χ1v) is 34.6. The lowest BCUT2D eigenvalue weighted by Crippen LogP contribution is -2.37. The molecule has 0 rings (SSSR count). The molecule has 0 amide bonds. The number of allylic oxidation sites excluding steroid dienone is 12. The summed E-state index contributed by atoms with van der Waals surface area (Å²) in [5.74, 6) is -0.819. The summed E-state index contributed by atoms with van der Waals surface area (Å²) in [6.07, 6.45) is 79.7. The lowest BCUT2D eigenvalue weighted by Gasteiger charge is -2.28. The van der Waals surface area contributed by atoms with Crippen molar-refractivity contribution in [2.24, 2.45) is 0 Å². The molecule has 0 saturated carbocycles. The van der Waals surface area contributed by atoms with Gasteiger partial charge in [-0.2, -0.15) is 0 Å². The molecule has 0 aliphatic rings. The van der Waals surface area contributed by atoms with Crippen molar-refractivity contribution >= 4 is 19.8 Å². The molecule has 0 aliphatic carbocycles. The highest BCUT2D eigenvalue weighted by molar-refractivity contribution is 7.45. The van der Waals surface area contributed by atoms with E-state index >= 15 is 0 Å². The molecule has 0 aromatic carbocycles. The number of carbonyl (C=O) groups is 2. The highest BCUT2D eigenvalue weighted by Crippen LogP contribution is 2.38. The zero-order valence-corrected chi connectivity index (χ0v) is 53.2. The second-order valence-electron chi connectivity index (χ2n) is 23.5. The zero-order chi connectivity index (χ0) is 57.7. The first-order valence-electron chi connectivity index (χ1n) is 33.1. The lowest BCUT2D eigenvalue weighted by molar-refractivity contribution is -0.870. The Labute approximate surface area is 489 Å². The molecule has 0 N–H and O–H groups in total. The molecule has 10 heteroatoms. The highest BCUT2D eigenvalue weighted by Gasteiger charge is 2.22. The summed E-state index contributed by atoms with van der Waals surface area (Å²) >= 11 is 0. The van der Waals surface area contributed by atoms with E-state index in [9.17, 15) is 19.0 Å². The van der Waals surface area contributed by atoms with Crippen LogP contribution in [0.1, 0.15) is 303 Å². The number of carbonyl (C=O) groups excluding carboxylic acids is 2. The van der Waals surface area contributed by atoms with Gasteiger partial charge in [-0.25, -0.2) is 0 Å². The molecular formula is C69H126NO8P. The van der Waals surface area contributed by atoms with E-state index in [4.69, 9.17) is 18.5 Å². The van der Waals surface area contributed by atoms with E-state index in [1.807, 2.05) is 21.1 Å². The minimum absolute atomic E-state index is 0.0301. The van der Waals surface area contributed by atoms with Gasteiger partial charge in [0, 0.05) is 12.8 Å². The largest absolute Gasteiger partial charge is 0.756 e. The Morgan fingerprint density at radius 2 is 0.722 bits per heavy atom. The van der Waals surface area contributed by atoms with E-state index in [1.54, 1.807) is 0 Å². The molecule has 79 heavy (non-hydrogen) atoms. The summed E-state index contributed by atoms with van der Waals surface area (Å²) < 4.78 is 34.3. The number of hydrogen-bond donors (Lipinski definition) is 0. The quantitative estimate of drug-likeness (QED) is 0.0195. The number of quaternary nitrogens is 1. The van der Waals surface area contributed by atoms with Crippen molar-refractivity contribution in [3.05, 3.63) is 72.9 Å². The maximum absolute atomic E-state index is 12.8. The van der Waals surface area contributed by atoms with Crippen LogP contribution < -0.4 is 4.89 Å². The van der Waals surface area contributed by atoms with Crippen molar-refractivity contribution in [3.8, 4) is 0 Å². The molecule has 0 fully saturated rings. The van der Waals surface area contributed by atoms with Crippen LogP contribution in [0.3, 0.4) is 0 Å². The highest BCUT2D eigenvalue weighted by atomic mass is 31.2. The van der Waals surface area contributed by atoms with E-state index in [0.29, 0.717) is 17.4 Å². The smallest absolute Gasteiger partial charge is 0.306 e. The fourth-order valence-electron chi connectivity index (χ4n) is 9.43. The molecule has 0 radical (unpaired) electrons. The van der Waals surface area contributed by atoms with Gasteiger partial charge in [0.25, 0.3) is 7.82 Å². The predicted octanol–water partition coefficient (Wildman–Crippen LogP) is 20.6. The second-order valence-corrected chi connectivity index (χ2v) is 24.9. The number of unbranched alkanes of at least 4 members (excludes halogenated alkanes) is 35. The molecule has 0 aliphatic heterocycles. The van der Waals surface area contributed by atoms with Crippen LogP contribution in [0.15, 0.2) is 72.9 Å². The first-order chi connectivity index (χ1) is 38.5. The molecule has 2 unspecified atom stereocenters. The van der Waals surface area contributed by atoms with Gasteiger partial charge in [-0.15, -0.1) is 0 Å². The van der Waals surface area contributed by atoms with Crippen molar-refractivity contribution in [1.29, 1.82) is 0 Å². The van der Waals surface area contributed by atoms with Crippen LogP contribution in [0.2, 0.25) is 0 Å². The van der Waals surface area contributed by atoms with Crippen LogP contribution in [0, 0.1) is 0 Å². The minimum atomic E-state index is -4.64. The van der Waals surface area contributed by atoms with Crippen molar-refractivity contribution in [2.45, 2.75) is 309 Å². The fourth-order valence-corrected chi connectivity index (χ4v) is 10.2. The Morgan fingerprint density at radius 1 is 0.405 bits per heavy atom. The Hall–Kier alpha value is -2.55. The van der Waals surface area contributed by atoms with Crippen molar-refractivity contribution < 1.29 is 42.1 Å². The molecule has 9 nitrogen and oxygen atoms in total. The third kappa shape index (κ3) is 64.5. The van der Waals surface area contributed by atoms with Crippen LogP contribution in [0.5, 0.6) is 0 Å². The average molecular weight is 1130 g/mol. The van der Waals surface area contributed by atoms with Crippen molar-refractivity contribution in [2.75, 3.05) is 47.5 Å². The SMILES string of the molecule is CC/C=C\C/C=C\C/C=C\C/C=C\C/C=C\C/C=C\CCCCCCCCCCCCCCCCCCC(=O)OC(COC(=O)CCCCCCCCCCCCCCCCCCCCCC)COP(=O)([O-])OCC[N+](C)(C)C. The minimum Gasteiger partial charge on any atom is -0.756 e. The number of ether oxygens (including phenoxy) is 2. The number of hydrogen-bond acceptors (Lipinski definition) is 8. The van der Waals surface area contributed by atoms with Gasteiger partial charge in [-0.05, 0) is 64.2 Å². The van der Waals surface area contributed by atoms with Gasteiger partial charge in [0.15, 0.2) is 6.10 Å². The fraction of sp³-hybridized carbons (Fsp3) is 0.797. The van der Waals surface area contributed by atoms with Crippen LogP contribution in [0.25, 0.3) is 0 Å². The zero-order valence-electron chi connectivity index (χ0n) is 52.3. The van der Waals surface area contributed by atoms with Crippen LogP contribution in [0.4, 0.5) is 0 Å². The summed E-state index contributed by atoms with van der Waals surface area (Å²) in [7, 11) is 1.18. The Morgan fingerprint density at radius 3 is 1.08 bits per heavy atom.